The summed E-state index contributed by atoms with van der Waals surface area (Å²) >= 11 is 0. The molecule has 4 saturated carbocycles. The van der Waals surface area contributed by atoms with Crippen molar-refractivity contribution in [1.29, 1.82) is 0 Å². The normalized spacial score (nSPS) is 23.1. The van der Waals surface area contributed by atoms with E-state index in [1.807, 2.05) is 39.1 Å². The number of carboxylic acid groups (broad SMARTS) is 1. The van der Waals surface area contributed by atoms with Gasteiger partial charge in [0.1, 0.15) is 23.3 Å². The summed E-state index contributed by atoms with van der Waals surface area (Å²) in [5.41, 5.74) is 1.76. The van der Waals surface area contributed by atoms with E-state index in [-0.39, 0.29) is 54.1 Å². The van der Waals surface area contributed by atoms with Crippen molar-refractivity contribution in [3.63, 3.8) is 0 Å². The molecule has 350 valence electrons. The van der Waals surface area contributed by atoms with Crippen LogP contribution in [0, 0.1) is 23.7 Å². The van der Waals surface area contributed by atoms with E-state index in [1.165, 1.54) is 17.1 Å². The fourth-order valence-corrected chi connectivity index (χ4v) is 10.9. The first-order chi connectivity index (χ1) is 31.1. The number of carbonyl (C=O) groups excluding carboxylic acids is 4. The number of rotatable bonds is 20. The van der Waals surface area contributed by atoms with E-state index in [0.717, 1.165) is 63.6 Å². The number of ether oxygens (including phenoxy) is 2. The molecule has 3 aromatic rings. The van der Waals surface area contributed by atoms with Gasteiger partial charge in [0.2, 0.25) is 11.8 Å². The van der Waals surface area contributed by atoms with Crippen LogP contribution in [0.1, 0.15) is 97.5 Å². The molecule has 4 amide bonds. The largest absolute Gasteiger partial charge is 0.496 e. The van der Waals surface area contributed by atoms with Gasteiger partial charge in [-0.1, -0.05) is 19.9 Å². The number of hydrogen-bond donors (Lipinski definition) is 3. The predicted molar refractivity (Wildman–Crippen MR) is 244 cm³/mol. The van der Waals surface area contributed by atoms with Gasteiger partial charge in [-0.25, -0.2) is 9.48 Å². The molecule has 3 N–H and O–H groups in total. The Bertz CT molecular complexity index is 2260. The van der Waals surface area contributed by atoms with Crippen LogP contribution in [-0.2, 0) is 14.4 Å². The summed E-state index contributed by atoms with van der Waals surface area (Å²) in [7, 11) is 8.66. The summed E-state index contributed by atoms with van der Waals surface area (Å²) in [5.74, 6) is -0.384. The maximum atomic E-state index is 14.4. The van der Waals surface area contributed by atoms with Crippen LogP contribution in [-0.4, -0.2) is 149 Å². The van der Waals surface area contributed by atoms with Gasteiger partial charge in [-0.2, -0.15) is 5.10 Å². The molecular formula is C49H65N7O9. The van der Waals surface area contributed by atoms with Gasteiger partial charge in [0.05, 0.1) is 31.2 Å². The molecule has 5 aliphatic rings. The molecular weight excluding hydrogens is 831 g/mol. The Kier molecular flexibility index (Phi) is 14.4. The molecule has 1 aliphatic heterocycles. The quantitative estimate of drug-likeness (QED) is 0.138. The van der Waals surface area contributed by atoms with Crippen LogP contribution >= 0.6 is 0 Å². The van der Waals surface area contributed by atoms with E-state index in [1.54, 1.807) is 67.1 Å². The fraction of sp³-hybridized carbons (Fsp3) is 0.551. The zero-order chi connectivity index (χ0) is 46.7. The van der Waals surface area contributed by atoms with Crippen LogP contribution in [0.2, 0.25) is 0 Å². The number of aromatic nitrogens is 2. The number of amides is 4. The number of carboxylic acids is 1. The molecule has 1 unspecified atom stereocenters. The monoisotopic (exact) mass is 895 g/mol. The average molecular weight is 896 g/mol. The lowest BCUT2D eigenvalue weighted by atomic mass is 9.48. The molecule has 1 atom stereocenters. The molecule has 4 aliphatic carbocycles. The smallest absolute Gasteiger partial charge is 0.330 e. The number of aliphatic hydroxyl groups is 1. The number of aliphatic carboxylic acids is 1. The minimum Gasteiger partial charge on any atom is -0.496 e. The van der Waals surface area contributed by atoms with Crippen molar-refractivity contribution in [2.75, 3.05) is 68.1 Å². The molecule has 1 aromatic heterocycles. The molecule has 0 spiro atoms. The number of benzene rings is 2. The van der Waals surface area contributed by atoms with Crippen molar-refractivity contribution in [3.8, 4) is 28.4 Å². The number of nitrogens with one attached hydrogen (secondary N) is 1. The summed E-state index contributed by atoms with van der Waals surface area (Å²) in [4.78, 5) is 72.8. The third kappa shape index (κ3) is 9.65. The van der Waals surface area contributed by atoms with Gasteiger partial charge in [-0.15, -0.1) is 0 Å². The van der Waals surface area contributed by atoms with E-state index in [4.69, 9.17) is 14.6 Å². The van der Waals surface area contributed by atoms with Gasteiger partial charge in [0, 0.05) is 51.8 Å². The molecule has 4 bridgehead atoms. The van der Waals surface area contributed by atoms with E-state index in [9.17, 15) is 34.2 Å². The van der Waals surface area contributed by atoms with E-state index in [2.05, 4.69) is 10.2 Å². The Morgan fingerprint density at radius 1 is 0.877 bits per heavy atom. The van der Waals surface area contributed by atoms with Crippen LogP contribution in [0.4, 0.5) is 0 Å². The Morgan fingerprint density at radius 2 is 1.49 bits per heavy atom. The van der Waals surface area contributed by atoms with Gasteiger partial charge in [-0.3, -0.25) is 19.2 Å². The lowest BCUT2D eigenvalue weighted by Crippen LogP contribution is -2.70. The van der Waals surface area contributed by atoms with Crippen molar-refractivity contribution in [1.82, 2.24) is 34.7 Å². The first-order valence-corrected chi connectivity index (χ1v) is 22.9. The van der Waals surface area contributed by atoms with Gasteiger partial charge >= 0.3 is 5.97 Å². The Balaban J connectivity index is 1.04. The lowest BCUT2D eigenvalue weighted by molar-refractivity contribution is -0.163. The number of methoxy groups -OCH3 is 2. The van der Waals surface area contributed by atoms with Gasteiger partial charge in [0.25, 0.3) is 11.8 Å². The predicted octanol–water partition coefficient (Wildman–Crippen LogP) is 5.04. The molecule has 2 heterocycles. The molecule has 0 radical (unpaired) electrons. The van der Waals surface area contributed by atoms with E-state index in [0.29, 0.717) is 58.9 Å². The van der Waals surface area contributed by atoms with Crippen molar-refractivity contribution in [2.24, 2.45) is 23.7 Å². The summed E-state index contributed by atoms with van der Waals surface area (Å²) in [6.07, 6.45) is 7.70. The second kappa shape index (κ2) is 19.8. The van der Waals surface area contributed by atoms with Crippen molar-refractivity contribution in [3.05, 3.63) is 71.4 Å². The van der Waals surface area contributed by atoms with Crippen LogP contribution in [0.5, 0.6) is 11.5 Å². The molecule has 8 rings (SSSR count). The van der Waals surface area contributed by atoms with Crippen molar-refractivity contribution in [2.45, 2.75) is 82.9 Å². The topological polar surface area (TPSA) is 187 Å². The standard InChI is InChI=1S/C49H65N7O9/c1-30(2)36-28-33(47(61)54(5)21-10-19-52(3)18-9-20-53(4)42(57)17-22-55-43(58)15-16-44(55)59)13-14-38(36)56-39(45-40(64-6)11-8-12-41(45)65-7)29-37(51-56)46(60)50-49(48(62)63)34-24-31-23-32(26-34)27-35(49)25-31/h8,11-16,28-32,34-35,43,58H,9-10,17-27H2,1-7H3,(H,50,60)(H,62,63). The number of nitrogens with zero attached hydrogens (tertiary/aromatic N) is 6. The molecule has 16 heteroatoms. The highest BCUT2D eigenvalue weighted by Gasteiger charge is 2.62. The van der Waals surface area contributed by atoms with Gasteiger partial charge < -0.3 is 44.6 Å². The lowest BCUT2D eigenvalue weighted by Gasteiger charge is -2.59. The molecule has 16 nitrogen and oxygen atoms in total. The van der Waals surface area contributed by atoms with E-state index >= 15 is 0 Å². The number of aliphatic hydroxyl groups excluding tert-OH is 1. The van der Waals surface area contributed by atoms with Gasteiger partial charge in [-0.05, 0) is 143 Å². The molecule has 4 fully saturated rings. The number of carbonyl (C=O) groups is 5. The third-order valence-corrected chi connectivity index (χ3v) is 14.3. The Hall–Kier alpha value is -5.74. The Labute approximate surface area is 381 Å². The Morgan fingerprint density at radius 3 is 2.05 bits per heavy atom. The zero-order valence-corrected chi connectivity index (χ0v) is 38.8. The molecule has 0 saturated heterocycles. The van der Waals surface area contributed by atoms with Crippen LogP contribution in [0.3, 0.4) is 0 Å². The maximum absolute atomic E-state index is 14.4. The second-order valence-corrected chi connectivity index (χ2v) is 18.8. The molecule has 2 aromatic carbocycles. The first kappa shape index (κ1) is 47.2. The van der Waals surface area contributed by atoms with Crippen LogP contribution in [0.15, 0.2) is 54.6 Å². The average Bonchev–Trinajstić information content (AvgIpc) is 3.87. The first-order valence-electron chi connectivity index (χ1n) is 22.9. The minimum absolute atomic E-state index is 0.0635. The van der Waals surface area contributed by atoms with Crippen LogP contribution in [0.25, 0.3) is 16.9 Å². The summed E-state index contributed by atoms with van der Waals surface area (Å²) in [5, 5.41) is 28.7. The number of hydrogen-bond acceptors (Lipinski definition) is 10. The highest BCUT2D eigenvalue weighted by molar-refractivity contribution is 5.98. The van der Waals surface area contributed by atoms with Crippen molar-refractivity contribution >= 4 is 29.6 Å². The highest BCUT2D eigenvalue weighted by Crippen LogP contribution is 2.58. The molecule has 65 heavy (non-hydrogen) atoms. The third-order valence-electron chi connectivity index (χ3n) is 14.3. The fourth-order valence-electron chi connectivity index (χ4n) is 10.9. The highest BCUT2D eigenvalue weighted by atomic mass is 16.5. The minimum atomic E-state index is -1.36. The zero-order valence-electron chi connectivity index (χ0n) is 38.8. The second-order valence-electron chi connectivity index (χ2n) is 18.8. The van der Waals surface area contributed by atoms with Gasteiger partial charge in [0.15, 0.2) is 5.69 Å². The van der Waals surface area contributed by atoms with Crippen molar-refractivity contribution < 1.29 is 43.7 Å². The summed E-state index contributed by atoms with van der Waals surface area (Å²) < 4.78 is 13.3. The maximum Gasteiger partial charge on any atom is 0.330 e. The summed E-state index contributed by atoms with van der Waals surface area (Å²) in [6.45, 7) is 6.80. The SMILES string of the molecule is COc1cccc(OC)c1-c1cc(C(=O)NC2(C(=O)O)C3CC4CC(C3)CC2C4)nn1-c1ccc(C(=O)N(C)CCCN(C)CCCN(C)C(=O)CCN2C(=O)C=CC2O)cc1C(C)C. The summed E-state index contributed by atoms with van der Waals surface area (Å²) in [6, 6.07) is 12.6. The van der Waals surface area contributed by atoms with Crippen LogP contribution < -0.4 is 14.8 Å². The van der Waals surface area contributed by atoms with E-state index < -0.39 is 23.6 Å².